The molecule has 0 aliphatic carbocycles. The van der Waals surface area contributed by atoms with Gasteiger partial charge in [-0.3, -0.25) is 0 Å². The molecule has 0 saturated carbocycles. The van der Waals surface area contributed by atoms with Crippen molar-refractivity contribution in [3.05, 3.63) is 34.7 Å². The Hall–Kier alpha value is -1.99. The van der Waals surface area contributed by atoms with Crippen LogP contribution in [-0.2, 0) is 0 Å². The molecule has 2 N–H and O–H groups in total. The number of nitrogens with two attached hydrogens (primary N) is 1. The Kier molecular flexibility index (Phi) is 3.03. The normalized spacial score (nSPS) is 9.94. The van der Waals surface area contributed by atoms with Crippen molar-refractivity contribution in [3.63, 3.8) is 0 Å². The van der Waals surface area contributed by atoms with Crippen molar-refractivity contribution in [1.82, 2.24) is 0 Å². The first-order chi connectivity index (χ1) is 8.17. The molecule has 0 fully saturated rings. The molecule has 0 unspecified atom stereocenters. The second-order valence-corrected chi connectivity index (χ2v) is 4.66. The predicted octanol–water partition coefficient (Wildman–Crippen LogP) is 3.19. The zero-order valence-corrected chi connectivity index (χ0v) is 10.5. The summed E-state index contributed by atoms with van der Waals surface area (Å²) < 4.78 is 5.19. The van der Waals surface area contributed by atoms with Crippen molar-refractivity contribution in [1.29, 1.82) is 5.26 Å². The van der Waals surface area contributed by atoms with E-state index >= 15 is 0 Å². The number of hydrogen-bond donors (Lipinski definition) is 1. The van der Waals surface area contributed by atoms with Crippen LogP contribution in [0.3, 0.4) is 0 Å². The second-order valence-electron chi connectivity index (χ2n) is 3.64. The molecule has 1 aromatic carbocycles. The summed E-state index contributed by atoms with van der Waals surface area (Å²) in [5.74, 6) is 0.798. The van der Waals surface area contributed by atoms with Crippen LogP contribution in [0.25, 0.3) is 10.4 Å². The van der Waals surface area contributed by atoms with Gasteiger partial charge in [0, 0.05) is 4.88 Å². The van der Waals surface area contributed by atoms with E-state index in [2.05, 4.69) is 6.07 Å². The van der Waals surface area contributed by atoms with Crippen LogP contribution in [-0.4, -0.2) is 7.11 Å². The van der Waals surface area contributed by atoms with Gasteiger partial charge in [0.25, 0.3) is 0 Å². The molecule has 2 rings (SSSR count). The van der Waals surface area contributed by atoms with Crippen molar-refractivity contribution in [2.45, 2.75) is 6.92 Å². The van der Waals surface area contributed by atoms with E-state index in [0.717, 1.165) is 21.8 Å². The maximum Gasteiger partial charge on any atom is 0.128 e. The van der Waals surface area contributed by atoms with Crippen LogP contribution in [0.5, 0.6) is 5.75 Å². The zero-order chi connectivity index (χ0) is 12.4. The third kappa shape index (κ3) is 1.97. The number of benzene rings is 1. The number of thiophene rings is 1. The molecule has 1 aromatic heterocycles. The highest BCUT2D eigenvalue weighted by Crippen LogP contribution is 2.38. The average molecular weight is 244 g/mol. The van der Waals surface area contributed by atoms with Gasteiger partial charge in [0.1, 0.15) is 16.7 Å². The fourth-order valence-electron chi connectivity index (χ4n) is 1.65. The monoisotopic (exact) mass is 244 g/mol. The minimum atomic E-state index is 0.570. The lowest BCUT2D eigenvalue weighted by Gasteiger charge is -2.03. The summed E-state index contributed by atoms with van der Waals surface area (Å²) >= 11 is 1.42. The molecule has 0 radical (unpaired) electrons. The van der Waals surface area contributed by atoms with E-state index in [1.165, 1.54) is 11.3 Å². The lowest BCUT2D eigenvalue weighted by Crippen LogP contribution is -1.88. The van der Waals surface area contributed by atoms with Gasteiger partial charge < -0.3 is 10.5 Å². The van der Waals surface area contributed by atoms with Crippen LogP contribution in [0, 0.1) is 18.3 Å². The lowest BCUT2D eigenvalue weighted by atomic mass is 10.1. The topological polar surface area (TPSA) is 59.0 Å². The molecular formula is C13H12N2OS. The third-order valence-corrected chi connectivity index (χ3v) is 3.89. The summed E-state index contributed by atoms with van der Waals surface area (Å²) in [6.45, 7) is 1.93. The highest BCUT2D eigenvalue weighted by molar-refractivity contribution is 7.16. The SMILES string of the molecule is COc1cccc(-c2sc(C#N)c(N)c2C)c1. The van der Waals surface area contributed by atoms with Gasteiger partial charge in [-0.1, -0.05) is 12.1 Å². The highest BCUT2D eigenvalue weighted by atomic mass is 32.1. The number of methoxy groups -OCH3 is 1. The number of anilines is 1. The smallest absolute Gasteiger partial charge is 0.128 e. The molecule has 86 valence electrons. The third-order valence-electron chi connectivity index (χ3n) is 2.63. The maximum absolute atomic E-state index is 8.96. The first-order valence-electron chi connectivity index (χ1n) is 5.10. The van der Waals surface area contributed by atoms with Crippen molar-refractivity contribution in [3.8, 4) is 22.3 Å². The molecule has 0 amide bonds. The fraction of sp³-hybridized carbons (Fsp3) is 0.154. The molecule has 0 aliphatic heterocycles. The predicted molar refractivity (Wildman–Crippen MR) is 70.2 cm³/mol. The van der Waals surface area contributed by atoms with E-state index < -0.39 is 0 Å². The van der Waals surface area contributed by atoms with Crippen LogP contribution in [0.4, 0.5) is 5.69 Å². The molecule has 0 atom stereocenters. The quantitative estimate of drug-likeness (QED) is 0.882. The number of nitrogen functional groups attached to an aromatic ring is 1. The maximum atomic E-state index is 8.96. The zero-order valence-electron chi connectivity index (χ0n) is 9.65. The number of nitrogens with zero attached hydrogens (tertiary/aromatic N) is 1. The van der Waals surface area contributed by atoms with E-state index in [1.807, 2.05) is 31.2 Å². The standard InChI is InChI=1S/C13H12N2OS/c1-8-12(15)11(7-14)17-13(8)9-4-3-5-10(6-9)16-2/h3-6H,15H2,1-2H3. The number of ether oxygens (including phenoxy) is 1. The Balaban J connectivity index is 2.57. The Morgan fingerprint density at radius 3 is 2.76 bits per heavy atom. The number of hydrogen-bond acceptors (Lipinski definition) is 4. The van der Waals surface area contributed by atoms with E-state index in [4.69, 9.17) is 15.7 Å². The van der Waals surface area contributed by atoms with Crippen molar-refractivity contribution < 1.29 is 4.74 Å². The summed E-state index contributed by atoms with van der Waals surface area (Å²) in [7, 11) is 1.63. The summed E-state index contributed by atoms with van der Waals surface area (Å²) in [6, 6.07) is 9.87. The number of nitriles is 1. The Morgan fingerprint density at radius 1 is 1.41 bits per heavy atom. The van der Waals surface area contributed by atoms with Crippen LogP contribution in [0.2, 0.25) is 0 Å². The Morgan fingerprint density at radius 2 is 2.18 bits per heavy atom. The van der Waals surface area contributed by atoms with Gasteiger partial charge in [-0.05, 0) is 30.2 Å². The molecule has 4 heteroatoms. The van der Waals surface area contributed by atoms with Crippen molar-refractivity contribution in [2.24, 2.45) is 0 Å². The van der Waals surface area contributed by atoms with E-state index in [-0.39, 0.29) is 0 Å². The van der Waals surface area contributed by atoms with Gasteiger partial charge >= 0.3 is 0 Å². The van der Waals surface area contributed by atoms with Gasteiger partial charge in [-0.15, -0.1) is 11.3 Å². The van der Waals surface area contributed by atoms with Crippen molar-refractivity contribution in [2.75, 3.05) is 12.8 Å². The summed E-state index contributed by atoms with van der Waals surface area (Å²) in [4.78, 5) is 1.60. The lowest BCUT2D eigenvalue weighted by molar-refractivity contribution is 0.415. The van der Waals surface area contributed by atoms with Gasteiger partial charge in [0.2, 0.25) is 0 Å². The Bertz CT molecular complexity index is 596. The largest absolute Gasteiger partial charge is 0.497 e. The van der Waals surface area contributed by atoms with Gasteiger partial charge in [-0.25, -0.2) is 0 Å². The molecule has 0 aliphatic rings. The van der Waals surface area contributed by atoms with E-state index in [0.29, 0.717) is 10.6 Å². The first-order valence-corrected chi connectivity index (χ1v) is 5.92. The molecule has 3 nitrogen and oxygen atoms in total. The fourth-order valence-corrected chi connectivity index (χ4v) is 2.67. The van der Waals surface area contributed by atoms with Gasteiger partial charge in [-0.2, -0.15) is 5.26 Å². The summed E-state index contributed by atoms with van der Waals surface area (Å²) in [6.07, 6.45) is 0. The van der Waals surface area contributed by atoms with Crippen LogP contribution in [0.15, 0.2) is 24.3 Å². The van der Waals surface area contributed by atoms with Crippen LogP contribution < -0.4 is 10.5 Å². The second kappa shape index (κ2) is 4.48. The molecule has 0 spiro atoms. The summed E-state index contributed by atoms with van der Waals surface area (Å²) in [5.41, 5.74) is 8.44. The molecule has 0 saturated heterocycles. The van der Waals surface area contributed by atoms with Crippen LogP contribution in [0.1, 0.15) is 10.4 Å². The Labute approximate surface area is 104 Å². The summed E-state index contributed by atoms with van der Waals surface area (Å²) in [5, 5.41) is 8.96. The van der Waals surface area contributed by atoms with Crippen molar-refractivity contribution >= 4 is 17.0 Å². The van der Waals surface area contributed by atoms with Crippen LogP contribution >= 0.6 is 11.3 Å². The minimum Gasteiger partial charge on any atom is -0.497 e. The molecular weight excluding hydrogens is 232 g/mol. The first kappa shape index (κ1) is 11.5. The molecule has 2 aromatic rings. The molecule has 17 heavy (non-hydrogen) atoms. The molecule has 0 bridgehead atoms. The van der Waals surface area contributed by atoms with Gasteiger partial charge in [0.15, 0.2) is 0 Å². The average Bonchev–Trinajstić information content (AvgIpc) is 2.66. The highest BCUT2D eigenvalue weighted by Gasteiger charge is 2.13. The molecule has 1 heterocycles. The van der Waals surface area contributed by atoms with E-state index in [9.17, 15) is 0 Å². The van der Waals surface area contributed by atoms with Gasteiger partial charge in [0.05, 0.1) is 12.8 Å². The minimum absolute atomic E-state index is 0.570. The van der Waals surface area contributed by atoms with E-state index in [1.54, 1.807) is 7.11 Å². The number of rotatable bonds is 2.